The Hall–Kier alpha value is -3.89. The second-order valence-electron chi connectivity index (χ2n) is 10.9. The Morgan fingerprint density at radius 2 is 1.86 bits per heavy atom. The fourth-order valence-corrected chi connectivity index (χ4v) is 5.41. The summed E-state index contributed by atoms with van der Waals surface area (Å²) in [5.74, 6) is 1.68. The average molecular weight is 508 g/mol. The molecule has 37 heavy (non-hydrogen) atoms. The number of carbonyl (C=O) groups excluding carboxylic acids is 1. The van der Waals surface area contributed by atoms with Gasteiger partial charge in [-0.1, -0.05) is 0 Å². The van der Waals surface area contributed by atoms with Gasteiger partial charge in [0.15, 0.2) is 5.82 Å². The van der Waals surface area contributed by atoms with Crippen molar-refractivity contribution in [2.75, 3.05) is 10.6 Å². The van der Waals surface area contributed by atoms with Gasteiger partial charge >= 0.3 is 12.2 Å². The van der Waals surface area contributed by atoms with Crippen LogP contribution in [-0.2, 0) is 4.74 Å². The van der Waals surface area contributed by atoms with Crippen LogP contribution in [0.4, 0.5) is 27.0 Å². The average Bonchev–Trinajstić information content (AvgIpc) is 3.17. The SMILES string of the molecule is Cc1cc(Nc2cc3ncccc3c(N[C@@H]3C[C@H]4CCC[C@@H](C3)N4C(=O)O)n2)nn1C(=O)OC(C)(C)C. The van der Waals surface area contributed by atoms with Crippen LogP contribution in [0.2, 0.25) is 0 Å². The summed E-state index contributed by atoms with van der Waals surface area (Å²) >= 11 is 0. The highest BCUT2D eigenvalue weighted by Crippen LogP contribution is 2.36. The van der Waals surface area contributed by atoms with E-state index in [2.05, 4.69) is 20.7 Å². The molecule has 1 amide bonds. The first-order valence-corrected chi connectivity index (χ1v) is 12.7. The molecule has 2 aliphatic rings. The van der Waals surface area contributed by atoms with Gasteiger partial charge in [0.2, 0.25) is 0 Å². The Labute approximate surface area is 215 Å². The summed E-state index contributed by atoms with van der Waals surface area (Å²) in [5.41, 5.74) is 0.758. The molecule has 2 saturated heterocycles. The topological polar surface area (TPSA) is 134 Å². The third-order valence-corrected chi connectivity index (χ3v) is 6.85. The van der Waals surface area contributed by atoms with Crippen molar-refractivity contribution in [2.24, 2.45) is 0 Å². The van der Waals surface area contributed by atoms with Gasteiger partial charge in [-0.15, -0.1) is 5.10 Å². The second-order valence-corrected chi connectivity index (χ2v) is 10.9. The zero-order chi connectivity index (χ0) is 26.3. The van der Waals surface area contributed by atoms with Crippen LogP contribution < -0.4 is 10.6 Å². The van der Waals surface area contributed by atoms with Crippen molar-refractivity contribution in [2.45, 2.75) is 83.5 Å². The van der Waals surface area contributed by atoms with E-state index in [1.807, 2.05) is 39.0 Å². The van der Waals surface area contributed by atoms with E-state index >= 15 is 0 Å². The lowest BCUT2D eigenvalue weighted by Crippen LogP contribution is -2.56. The Bertz CT molecular complexity index is 1320. The minimum absolute atomic E-state index is 0.0213. The molecule has 2 fully saturated rings. The molecular weight excluding hydrogens is 474 g/mol. The molecule has 3 N–H and O–H groups in total. The van der Waals surface area contributed by atoms with Gasteiger partial charge in [-0.05, 0) is 71.9 Å². The van der Waals surface area contributed by atoms with E-state index in [-0.39, 0.29) is 18.1 Å². The van der Waals surface area contributed by atoms with Gasteiger partial charge in [0.1, 0.15) is 17.2 Å². The van der Waals surface area contributed by atoms with Gasteiger partial charge < -0.3 is 25.4 Å². The first kappa shape index (κ1) is 24.8. The monoisotopic (exact) mass is 507 g/mol. The molecule has 5 rings (SSSR count). The van der Waals surface area contributed by atoms with Crippen molar-refractivity contribution >= 4 is 40.5 Å². The van der Waals surface area contributed by atoms with Gasteiger partial charge in [-0.3, -0.25) is 4.98 Å². The molecule has 0 aromatic carbocycles. The molecule has 2 aliphatic heterocycles. The summed E-state index contributed by atoms with van der Waals surface area (Å²) in [5, 5.41) is 21.7. The Morgan fingerprint density at radius 1 is 1.14 bits per heavy atom. The van der Waals surface area contributed by atoms with E-state index in [9.17, 15) is 14.7 Å². The number of aromatic nitrogens is 4. The highest BCUT2D eigenvalue weighted by Gasteiger charge is 2.41. The van der Waals surface area contributed by atoms with Crippen molar-refractivity contribution in [3.63, 3.8) is 0 Å². The number of fused-ring (bicyclic) bond motifs is 3. The lowest BCUT2D eigenvalue weighted by Gasteiger charge is -2.47. The number of aryl methyl sites for hydroxylation is 1. The number of carbonyl (C=O) groups is 2. The zero-order valence-electron chi connectivity index (χ0n) is 21.6. The molecule has 3 aromatic rings. The number of amides is 1. The van der Waals surface area contributed by atoms with Crippen LogP contribution in [0.5, 0.6) is 0 Å². The molecule has 11 heteroatoms. The Kier molecular flexibility index (Phi) is 6.38. The first-order chi connectivity index (χ1) is 17.6. The fraction of sp³-hybridized carbons (Fsp3) is 0.500. The largest absolute Gasteiger partial charge is 0.465 e. The van der Waals surface area contributed by atoms with Crippen molar-refractivity contribution in [3.8, 4) is 0 Å². The fourth-order valence-electron chi connectivity index (χ4n) is 5.41. The summed E-state index contributed by atoms with van der Waals surface area (Å²) in [6.45, 7) is 7.21. The molecule has 196 valence electrons. The number of hydrogen-bond donors (Lipinski definition) is 3. The van der Waals surface area contributed by atoms with Gasteiger partial charge in [0, 0.05) is 47.5 Å². The number of carboxylic acid groups (broad SMARTS) is 1. The van der Waals surface area contributed by atoms with E-state index in [0.29, 0.717) is 23.1 Å². The smallest absolute Gasteiger partial charge is 0.435 e. The van der Waals surface area contributed by atoms with Crippen LogP contribution in [0.15, 0.2) is 30.5 Å². The van der Waals surface area contributed by atoms with E-state index in [1.165, 1.54) is 4.68 Å². The van der Waals surface area contributed by atoms with Crippen molar-refractivity contribution < 1.29 is 19.4 Å². The van der Waals surface area contributed by atoms with Crippen molar-refractivity contribution in [3.05, 3.63) is 36.2 Å². The summed E-state index contributed by atoms with van der Waals surface area (Å²) in [7, 11) is 0. The summed E-state index contributed by atoms with van der Waals surface area (Å²) in [4.78, 5) is 35.3. The normalized spacial score (nSPS) is 21.5. The van der Waals surface area contributed by atoms with Crippen LogP contribution in [0.1, 0.15) is 58.6 Å². The molecule has 0 aliphatic carbocycles. The molecule has 0 spiro atoms. The predicted molar refractivity (Wildman–Crippen MR) is 139 cm³/mol. The molecule has 0 unspecified atom stereocenters. The van der Waals surface area contributed by atoms with Crippen LogP contribution in [0.25, 0.3) is 10.9 Å². The molecule has 2 bridgehead atoms. The number of nitrogens with one attached hydrogen (secondary N) is 2. The molecule has 11 nitrogen and oxygen atoms in total. The molecule has 0 saturated carbocycles. The lowest BCUT2D eigenvalue weighted by molar-refractivity contribution is 0.0385. The van der Waals surface area contributed by atoms with Gasteiger partial charge in [0.05, 0.1) is 5.52 Å². The third-order valence-electron chi connectivity index (χ3n) is 6.85. The van der Waals surface area contributed by atoms with Crippen molar-refractivity contribution in [1.29, 1.82) is 0 Å². The summed E-state index contributed by atoms with van der Waals surface area (Å²) in [6.07, 6.45) is 4.67. The van der Waals surface area contributed by atoms with Gasteiger partial charge in [-0.2, -0.15) is 4.68 Å². The molecule has 3 atom stereocenters. The number of pyridine rings is 2. The van der Waals surface area contributed by atoms with E-state index in [1.54, 1.807) is 24.1 Å². The van der Waals surface area contributed by atoms with Crippen LogP contribution in [0, 0.1) is 6.92 Å². The highest BCUT2D eigenvalue weighted by molar-refractivity contribution is 5.91. The number of nitrogens with zero attached hydrogens (tertiary/aromatic N) is 5. The van der Waals surface area contributed by atoms with Gasteiger partial charge in [-0.25, -0.2) is 14.6 Å². The van der Waals surface area contributed by atoms with Crippen molar-refractivity contribution in [1.82, 2.24) is 24.6 Å². The minimum Gasteiger partial charge on any atom is -0.465 e. The third kappa shape index (κ3) is 5.30. The standard InChI is InChI=1S/C26H33N7O4/c1-15-11-22(31-33(15)25(36)37-26(2,3)4)29-21-14-20-19(9-6-10-27-20)23(30-21)28-16-12-17-7-5-8-18(13-16)32(17)24(34)35/h6,9-11,14,16-18H,5,7-8,12-13H2,1-4H3,(H,34,35)(H2,28,29,30,31)/t16-,17-,18+. The molecular formula is C26H33N7O4. The molecule has 0 radical (unpaired) electrons. The Morgan fingerprint density at radius 3 is 2.54 bits per heavy atom. The van der Waals surface area contributed by atoms with Crippen LogP contribution in [0.3, 0.4) is 0 Å². The summed E-state index contributed by atoms with van der Waals surface area (Å²) < 4.78 is 6.66. The molecule has 5 heterocycles. The van der Waals surface area contributed by atoms with E-state index in [4.69, 9.17) is 9.72 Å². The predicted octanol–water partition coefficient (Wildman–Crippen LogP) is 5.14. The highest BCUT2D eigenvalue weighted by atomic mass is 16.6. The first-order valence-electron chi connectivity index (χ1n) is 12.7. The number of piperidine rings is 2. The van der Waals surface area contributed by atoms with Gasteiger partial charge in [0.25, 0.3) is 0 Å². The number of hydrogen-bond acceptors (Lipinski definition) is 8. The number of ether oxygens (including phenoxy) is 1. The lowest BCUT2D eigenvalue weighted by atomic mass is 9.82. The summed E-state index contributed by atoms with van der Waals surface area (Å²) in [6, 6.07) is 7.58. The quantitative estimate of drug-likeness (QED) is 0.439. The maximum Gasteiger partial charge on any atom is 0.435 e. The Balaban J connectivity index is 1.39. The second kappa shape index (κ2) is 9.53. The number of rotatable bonds is 4. The van der Waals surface area contributed by atoms with E-state index < -0.39 is 17.8 Å². The van der Waals surface area contributed by atoms with E-state index in [0.717, 1.165) is 43.0 Å². The maximum atomic E-state index is 12.5. The van der Waals surface area contributed by atoms with Crippen LogP contribution in [-0.4, -0.2) is 65.7 Å². The minimum atomic E-state index is -0.826. The van der Waals surface area contributed by atoms with Crippen LogP contribution >= 0.6 is 0 Å². The molecule has 3 aromatic heterocycles. The number of anilines is 3. The maximum absolute atomic E-state index is 12.5. The zero-order valence-corrected chi connectivity index (χ0v) is 21.6.